The maximum Gasteiger partial charge on any atom is 0.107 e. The van der Waals surface area contributed by atoms with Gasteiger partial charge in [-0.25, -0.2) is 9.97 Å². The quantitative estimate of drug-likeness (QED) is 0.776. The number of hydrogen-bond donors (Lipinski definition) is 1. The number of imidazole rings is 1. The highest BCUT2D eigenvalue weighted by molar-refractivity contribution is 7.15. The minimum absolute atomic E-state index is 0.498. The average Bonchev–Trinajstić information content (AvgIpc) is 2.71. The topological polar surface area (TPSA) is 56.7 Å². The Morgan fingerprint density at radius 3 is 2.92 bits per heavy atom. The molecule has 0 saturated carbocycles. The summed E-state index contributed by atoms with van der Waals surface area (Å²) < 4.78 is 1.91. The molecule has 0 saturated heterocycles. The summed E-state index contributed by atoms with van der Waals surface area (Å²) >= 11 is 1.59. The van der Waals surface area contributed by atoms with Crippen molar-refractivity contribution in [1.29, 1.82) is 0 Å². The zero-order valence-electron chi connectivity index (χ0n) is 7.27. The molecule has 0 aromatic carbocycles. The Morgan fingerprint density at radius 1 is 1.54 bits per heavy atom. The number of thiazole rings is 1. The molecule has 5 heteroatoms. The molecule has 0 aliphatic heterocycles. The van der Waals surface area contributed by atoms with Crippen LogP contribution in [0, 0.1) is 0 Å². The van der Waals surface area contributed by atoms with Crippen LogP contribution < -0.4 is 5.73 Å². The first-order valence-corrected chi connectivity index (χ1v) is 4.74. The molecular formula is C8H10N4S. The van der Waals surface area contributed by atoms with E-state index < -0.39 is 0 Å². The Bertz CT molecular complexity index is 404. The first-order chi connectivity index (χ1) is 6.29. The molecule has 2 aromatic heterocycles. The summed E-state index contributed by atoms with van der Waals surface area (Å²) in [6.07, 6.45) is 5.56. The second kappa shape index (κ2) is 3.27. The molecule has 2 heterocycles. The van der Waals surface area contributed by atoms with E-state index in [2.05, 4.69) is 9.97 Å². The molecule has 13 heavy (non-hydrogen) atoms. The number of aryl methyl sites for hydroxylation is 1. The van der Waals surface area contributed by atoms with E-state index in [1.807, 2.05) is 24.0 Å². The average molecular weight is 194 g/mol. The minimum Gasteiger partial charge on any atom is -0.340 e. The molecule has 2 N–H and O–H groups in total. The van der Waals surface area contributed by atoms with Gasteiger partial charge in [-0.05, 0) is 0 Å². The van der Waals surface area contributed by atoms with Gasteiger partial charge in [0, 0.05) is 26.0 Å². The highest BCUT2D eigenvalue weighted by Crippen LogP contribution is 2.23. The first-order valence-electron chi connectivity index (χ1n) is 3.92. The van der Waals surface area contributed by atoms with Crippen molar-refractivity contribution >= 4 is 11.3 Å². The van der Waals surface area contributed by atoms with Crippen molar-refractivity contribution < 1.29 is 0 Å². The van der Waals surface area contributed by atoms with Crippen LogP contribution in [0.25, 0.3) is 10.6 Å². The van der Waals surface area contributed by atoms with E-state index in [-0.39, 0.29) is 0 Å². The maximum absolute atomic E-state index is 5.47. The van der Waals surface area contributed by atoms with Gasteiger partial charge in [-0.3, -0.25) is 0 Å². The Balaban J connectivity index is 2.35. The molecule has 0 spiro atoms. The van der Waals surface area contributed by atoms with Crippen LogP contribution >= 0.6 is 11.3 Å². The first kappa shape index (κ1) is 8.40. The Hall–Kier alpha value is -1.20. The normalized spacial score (nSPS) is 10.6. The summed E-state index contributed by atoms with van der Waals surface area (Å²) in [6.45, 7) is 0.498. The monoisotopic (exact) mass is 194 g/mol. The zero-order valence-corrected chi connectivity index (χ0v) is 8.08. The standard InChI is InChI=1S/C8H10N4S/c1-12-4-6(11-5-12)7-3-10-8(2-9)13-7/h3-5H,2,9H2,1H3. The third-order valence-electron chi connectivity index (χ3n) is 1.69. The molecule has 0 bridgehead atoms. The fraction of sp³-hybridized carbons (Fsp3) is 0.250. The van der Waals surface area contributed by atoms with Crippen molar-refractivity contribution in [3.8, 4) is 10.6 Å². The van der Waals surface area contributed by atoms with Gasteiger partial charge in [0.2, 0.25) is 0 Å². The number of rotatable bonds is 2. The van der Waals surface area contributed by atoms with Crippen molar-refractivity contribution in [3.05, 3.63) is 23.7 Å². The van der Waals surface area contributed by atoms with Gasteiger partial charge in [-0.2, -0.15) is 0 Å². The Labute approximate surface area is 80.1 Å². The van der Waals surface area contributed by atoms with Gasteiger partial charge in [0.15, 0.2) is 0 Å². The van der Waals surface area contributed by atoms with Crippen molar-refractivity contribution in [1.82, 2.24) is 14.5 Å². The van der Waals surface area contributed by atoms with Gasteiger partial charge in [0.1, 0.15) is 5.01 Å². The predicted molar refractivity (Wildman–Crippen MR) is 52.2 cm³/mol. The van der Waals surface area contributed by atoms with Gasteiger partial charge in [0.05, 0.1) is 16.9 Å². The van der Waals surface area contributed by atoms with Crippen molar-refractivity contribution in [2.45, 2.75) is 6.54 Å². The lowest BCUT2D eigenvalue weighted by Gasteiger charge is -1.86. The largest absolute Gasteiger partial charge is 0.340 e. The number of aromatic nitrogens is 3. The van der Waals surface area contributed by atoms with Crippen molar-refractivity contribution in [2.24, 2.45) is 12.8 Å². The van der Waals surface area contributed by atoms with E-state index in [9.17, 15) is 0 Å². The highest BCUT2D eigenvalue weighted by atomic mass is 32.1. The summed E-state index contributed by atoms with van der Waals surface area (Å²) in [5.41, 5.74) is 6.43. The molecule has 0 aliphatic carbocycles. The number of hydrogen-bond acceptors (Lipinski definition) is 4. The summed E-state index contributed by atoms with van der Waals surface area (Å²) in [6, 6.07) is 0. The van der Waals surface area contributed by atoms with E-state index >= 15 is 0 Å². The molecule has 4 nitrogen and oxygen atoms in total. The van der Waals surface area contributed by atoms with Crippen LogP contribution in [0.2, 0.25) is 0 Å². The predicted octanol–water partition coefficient (Wildman–Crippen LogP) is 1.00. The van der Waals surface area contributed by atoms with Crippen LogP contribution in [0.1, 0.15) is 5.01 Å². The van der Waals surface area contributed by atoms with E-state index in [1.54, 1.807) is 17.7 Å². The van der Waals surface area contributed by atoms with E-state index in [0.29, 0.717) is 6.54 Å². The number of nitrogens with zero attached hydrogens (tertiary/aromatic N) is 3. The smallest absolute Gasteiger partial charge is 0.107 e. The molecule has 0 amide bonds. The Kier molecular flexibility index (Phi) is 2.12. The molecule has 2 rings (SSSR count). The third kappa shape index (κ3) is 1.61. The van der Waals surface area contributed by atoms with Crippen LogP contribution in [0.15, 0.2) is 18.7 Å². The summed E-state index contributed by atoms with van der Waals surface area (Å²) in [5.74, 6) is 0. The van der Waals surface area contributed by atoms with Crippen LogP contribution in [-0.4, -0.2) is 14.5 Å². The van der Waals surface area contributed by atoms with Crippen molar-refractivity contribution in [2.75, 3.05) is 0 Å². The summed E-state index contributed by atoms with van der Waals surface area (Å²) in [5, 5.41) is 0.945. The van der Waals surface area contributed by atoms with Gasteiger partial charge in [-0.15, -0.1) is 11.3 Å². The lowest BCUT2D eigenvalue weighted by atomic mass is 10.4. The van der Waals surface area contributed by atoms with Crippen molar-refractivity contribution in [3.63, 3.8) is 0 Å². The fourth-order valence-corrected chi connectivity index (χ4v) is 1.82. The molecule has 0 unspecified atom stereocenters. The van der Waals surface area contributed by atoms with E-state index in [0.717, 1.165) is 15.6 Å². The molecule has 2 aromatic rings. The second-order valence-corrected chi connectivity index (χ2v) is 3.86. The highest BCUT2D eigenvalue weighted by Gasteiger charge is 2.04. The van der Waals surface area contributed by atoms with E-state index in [4.69, 9.17) is 5.73 Å². The van der Waals surface area contributed by atoms with Crippen LogP contribution in [0.5, 0.6) is 0 Å². The van der Waals surface area contributed by atoms with Crippen LogP contribution in [-0.2, 0) is 13.6 Å². The minimum atomic E-state index is 0.498. The van der Waals surface area contributed by atoms with Gasteiger partial charge in [0.25, 0.3) is 0 Å². The van der Waals surface area contributed by atoms with Crippen LogP contribution in [0.3, 0.4) is 0 Å². The van der Waals surface area contributed by atoms with Gasteiger partial charge in [-0.1, -0.05) is 0 Å². The molecule has 68 valence electrons. The SMILES string of the molecule is Cn1cnc(-c2cnc(CN)s2)c1. The molecular weight excluding hydrogens is 184 g/mol. The van der Waals surface area contributed by atoms with E-state index in [1.165, 1.54) is 0 Å². The molecule has 0 aliphatic rings. The molecule has 0 fully saturated rings. The maximum atomic E-state index is 5.47. The lowest BCUT2D eigenvalue weighted by Crippen LogP contribution is -1.93. The van der Waals surface area contributed by atoms with Gasteiger partial charge >= 0.3 is 0 Å². The zero-order chi connectivity index (χ0) is 9.26. The molecule has 0 radical (unpaired) electrons. The fourth-order valence-electron chi connectivity index (χ4n) is 1.06. The molecule has 0 atom stereocenters. The second-order valence-electron chi connectivity index (χ2n) is 2.75. The summed E-state index contributed by atoms with van der Waals surface area (Å²) in [4.78, 5) is 9.46. The Morgan fingerprint density at radius 2 is 2.38 bits per heavy atom. The third-order valence-corrected chi connectivity index (χ3v) is 2.73. The lowest BCUT2D eigenvalue weighted by molar-refractivity contribution is 0.913. The number of nitrogens with two attached hydrogens (primary N) is 1. The summed E-state index contributed by atoms with van der Waals surface area (Å²) in [7, 11) is 1.95. The van der Waals surface area contributed by atoms with Crippen LogP contribution in [0.4, 0.5) is 0 Å². The van der Waals surface area contributed by atoms with Gasteiger partial charge < -0.3 is 10.3 Å².